The molecule has 0 aliphatic rings. The fourth-order valence-corrected chi connectivity index (χ4v) is 7.87. The third-order valence-electron chi connectivity index (χ3n) is 1.43. The van der Waals surface area contributed by atoms with Gasteiger partial charge in [-0.15, -0.1) is 0 Å². The van der Waals surface area contributed by atoms with Gasteiger partial charge < -0.3 is 0 Å². The molecule has 58 valence electrons. The van der Waals surface area contributed by atoms with E-state index in [-0.39, 0.29) is 0 Å². The molecule has 0 atom stereocenters. The summed E-state index contributed by atoms with van der Waals surface area (Å²) in [5, 5.41) is 0. The minimum atomic E-state index is -0.977. The van der Waals surface area contributed by atoms with Gasteiger partial charge >= 0.3 is 76.8 Å². The molecular formula is C8H16SeSn. The fourth-order valence-electron chi connectivity index (χ4n) is 0.835. The maximum absolute atomic E-state index is 3.76. The number of hydrogen-bond donors (Lipinski definition) is 0. The van der Waals surface area contributed by atoms with Crippen LogP contribution in [0.5, 0.6) is 0 Å². The Balaban J connectivity index is 3.13. The van der Waals surface area contributed by atoms with Gasteiger partial charge in [0.2, 0.25) is 0 Å². The van der Waals surface area contributed by atoms with Crippen LogP contribution in [-0.2, 0) is 0 Å². The summed E-state index contributed by atoms with van der Waals surface area (Å²) in [6, 6.07) is 0. The minimum absolute atomic E-state index is 0.977. The second kappa shape index (κ2) is 8.16. The molecule has 0 aliphatic heterocycles. The maximum atomic E-state index is 3.76. The zero-order valence-corrected chi connectivity index (χ0v) is 11.3. The zero-order chi connectivity index (χ0) is 7.82. The normalized spacial score (nSPS) is 9.30. The summed E-state index contributed by atoms with van der Waals surface area (Å²) in [6.45, 7) is 6.02. The van der Waals surface area contributed by atoms with Crippen LogP contribution in [0.25, 0.3) is 0 Å². The van der Waals surface area contributed by atoms with Gasteiger partial charge in [-0.1, -0.05) is 0 Å². The van der Waals surface area contributed by atoms with Crippen molar-refractivity contribution in [3.05, 3.63) is 12.7 Å². The molecule has 0 fully saturated rings. The van der Waals surface area contributed by atoms with Gasteiger partial charge in [-0.3, -0.25) is 0 Å². The standard InChI is InChI=1S/C5H11.C3H5.Se.Sn/c1-3-5-4-2;1-3-2;;/h1,3-5H2,2H3;3H,1-2H2;;. The quantitative estimate of drug-likeness (QED) is 0.402. The van der Waals surface area contributed by atoms with Gasteiger partial charge in [0.1, 0.15) is 0 Å². The average molecular weight is 310 g/mol. The Morgan fingerprint density at radius 3 is 2.70 bits per heavy atom. The Morgan fingerprint density at radius 1 is 1.50 bits per heavy atom. The summed E-state index contributed by atoms with van der Waals surface area (Å²) in [7, 11) is 0. The van der Waals surface area contributed by atoms with Crippen molar-refractivity contribution in [2.45, 2.75) is 35.1 Å². The van der Waals surface area contributed by atoms with E-state index in [1.807, 2.05) is 0 Å². The second-order valence-corrected chi connectivity index (χ2v) is 16.3. The summed E-state index contributed by atoms with van der Waals surface area (Å²) in [4.78, 5) is 0. The molecule has 0 radical (unpaired) electrons. The van der Waals surface area contributed by atoms with Gasteiger partial charge in [0.15, 0.2) is 0 Å². The summed E-state index contributed by atoms with van der Waals surface area (Å²) in [5.74, 6) is 0. The third kappa shape index (κ3) is 7.17. The van der Waals surface area contributed by atoms with Crippen LogP contribution in [0, 0.1) is 0 Å². The monoisotopic (exact) mass is 312 g/mol. The van der Waals surface area contributed by atoms with E-state index < -0.39 is 16.9 Å². The average Bonchev–Trinajstić information content (AvgIpc) is 1.89. The fraction of sp³-hybridized carbons (Fsp3) is 0.750. The number of hydrogen-bond acceptors (Lipinski definition) is 0. The molecule has 0 N–H and O–H groups in total. The van der Waals surface area contributed by atoms with E-state index in [1.54, 1.807) is 0 Å². The van der Waals surface area contributed by atoms with Crippen molar-refractivity contribution >= 4 is 29.1 Å². The van der Waals surface area contributed by atoms with Crippen LogP contribution in [0.1, 0.15) is 26.2 Å². The van der Waals surface area contributed by atoms with E-state index in [0.29, 0.717) is 0 Å². The second-order valence-electron chi connectivity index (χ2n) is 2.49. The molecule has 2 heteroatoms. The third-order valence-corrected chi connectivity index (χ3v) is 11.4. The van der Waals surface area contributed by atoms with Crippen LogP contribution in [0.4, 0.5) is 0 Å². The molecule has 0 saturated heterocycles. The first-order chi connectivity index (χ1) is 4.81. The molecule has 0 aliphatic carbocycles. The molecule has 0 aromatic carbocycles. The van der Waals surface area contributed by atoms with E-state index in [1.165, 1.54) is 28.1 Å². The van der Waals surface area contributed by atoms with Crippen molar-refractivity contribution in [2.75, 3.05) is 0 Å². The Morgan fingerprint density at radius 2 is 2.20 bits per heavy atom. The molecule has 0 nitrogen and oxygen atoms in total. The summed E-state index contributed by atoms with van der Waals surface area (Å²) in [5.41, 5.74) is 0. The molecule has 10 heavy (non-hydrogen) atoms. The van der Waals surface area contributed by atoms with E-state index in [4.69, 9.17) is 0 Å². The molecule has 0 heterocycles. The van der Waals surface area contributed by atoms with Gasteiger partial charge in [0, 0.05) is 0 Å². The first-order valence-electron chi connectivity index (χ1n) is 3.93. The van der Waals surface area contributed by atoms with Crippen LogP contribution < -0.4 is 0 Å². The molecule has 0 saturated carbocycles. The first kappa shape index (κ1) is 11.1. The molecule has 0 rings (SSSR count). The van der Waals surface area contributed by atoms with Gasteiger partial charge in [0.05, 0.1) is 0 Å². The Bertz CT molecular complexity index is 110. The molecule has 0 amide bonds. The van der Waals surface area contributed by atoms with Gasteiger partial charge in [-0.05, 0) is 0 Å². The van der Waals surface area contributed by atoms with Gasteiger partial charge in [-0.25, -0.2) is 0 Å². The number of rotatable bonds is 6. The van der Waals surface area contributed by atoms with Crippen molar-refractivity contribution in [1.82, 2.24) is 0 Å². The van der Waals surface area contributed by atoms with Crippen molar-refractivity contribution in [1.29, 1.82) is 0 Å². The predicted octanol–water partition coefficient (Wildman–Crippen LogP) is 2.52. The van der Waals surface area contributed by atoms with Crippen LogP contribution in [0.3, 0.4) is 0 Å². The van der Waals surface area contributed by atoms with E-state index in [0.717, 1.165) is 0 Å². The van der Waals surface area contributed by atoms with Gasteiger partial charge in [0.25, 0.3) is 0 Å². The van der Waals surface area contributed by atoms with E-state index in [9.17, 15) is 0 Å². The van der Waals surface area contributed by atoms with Crippen LogP contribution in [-0.4, -0.2) is 29.1 Å². The van der Waals surface area contributed by atoms with Crippen LogP contribution in [0.15, 0.2) is 12.7 Å². The molecule has 0 spiro atoms. The molecule has 0 aromatic rings. The molecule has 0 bridgehead atoms. The van der Waals surface area contributed by atoms with Crippen molar-refractivity contribution in [2.24, 2.45) is 0 Å². The Kier molecular flexibility index (Phi) is 9.02. The topological polar surface area (TPSA) is 0 Å². The summed E-state index contributed by atoms with van der Waals surface area (Å²) < 4.78 is 2.84. The Hall–Kier alpha value is 1.06. The Labute approximate surface area is 76.5 Å². The summed E-state index contributed by atoms with van der Waals surface area (Å²) in [6.07, 6.45) is 6.30. The van der Waals surface area contributed by atoms with E-state index in [2.05, 4.69) is 31.8 Å². The molecule has 0 unspecified atom stereocenters. The molecular weight excluding hydrogens is 294 g/mol. The van der Waals surface area contributed by atoms with Crippen molar-refractivity contribution in [3.8, 4) is 0 Å². The zero-order valence-electron chi connectivity index (χ0n) is 6.73. The van der Waals surface area contributed by atoms with Crippen LogP contribution in [0.2, 0.25) is 8.87 Å². The summed E-state index contributed by atoms with van der Waals surface area (Å²) >= 11 is 2.39. The SMILES string of the molecule is C=C[CH2][Sn](=[Se])[CH2]CCCC. The van der Waals surface area contributed by atoms with Gasteiger partial charge in [-0.2, -0.15) is 0 Å². The van der Waals surface area contributed by atoms with Crippen molar-refractivity contribution in [3.63, 3.8) is 0 Å². The first-order valence-corrected chi connectivity index (χ1v) is 14.9. The van der Waals surface area contributed by atoms with E-state index >= 15 is 0 Å². The number of allylic oxidation sites excluding steroid dienone is 1. The van der Waals surface area contributed by atoms with Crippen molar-refractivity contribution < 1.29 is 0 Å². The predicted molar refractivity (Wildman–Crippen MR) is 50.8 cm³/mol. The van der Waals surface area contributed by atoms with Crippen LogP contribution >= 0.6 is 0 Å². The molecule has 0 aromatic heterocycles. The number of unbranched alkanes of at least 4 members (excludes halogenated alkanes) is 2.